The van der Waals surface area contributed by atoms with Crippen molar-refractivity contribution in [2.45, 2.75) is 19.5 Å². The van der Waals surface area contributed by atoms with Gasteiger partial charge >= 0.3 is 5.97 Å². The fourth-order valence-electron chi connectivity index (χ4n) is 2.89. The highest BCUT2D eigenvalue weighted by Gasteiger charge is 2.25. The summed E-state index contributed by atoms with van der Waals surface area (Å²) in [5.41, 5.74) is 2.23. The Morgan fingerprint density at radius 3 is 2.57 bits per heavy atom. The molecule has 0 bridgehead atoms. The van der Waals surface area contributed by atoms with Crippen LogP contribution in [0.15, 0.2) is 42.7 Å². The van der Waals surface area contributed by atoms with Crippen molar-refractivity contribution in [3.63, 3.8) is 0 Å². The molecule has 1 atom stereocenters. The van der Waals surface area contributed by atoms with Gasteiger partial charge in [-0.15, -0.1) is 0 Å². The van der Waals surface area contributed by atoms with E-state index in [9.17, 15) is 4.79 Å². The molecule has 3 rings (SSSR count). The Kier molecular flexibility index (Phi) is 4.73. The van der Waals surface area contributed by atoms with Gasteiger partial charge in [-0.2, -0.15) is 5.10 Å². The van der Waals surface area contributed by atoms with Gasteiger partial charge < -0.3 is 5.11 Å². The Morgan fingerprint density at radius 2 is 1.91 bits per heavy atom. The normalized spacial score (nSPS) is 18.0. The lowest BCUT2D eigenvalue weighted by atomic mass is 10.2. The van der Waals surface area contributed by atoms with Crippen molar-refractivity contribution in [3.05, 3.63) is 48.3 Å². The first-order valence-corrected chi connectivity index (χ1v) is 7.91. The molecule has 1 N–H and O–H groups in total. The van der Waals surface area contributed by atoms with Gasteiger partial charge in [-0.3, -0.25) is 14.6 Å². The van der Waals surface area contributed by atoms with Crippen LogP contribution in [0.3, 0.4) is 0 Å². The van der Waals surface area contributed by atoms with E-state index in [1.807, 2.05) is 46.1 Å². The number of aliphatic carboxylic acids is 1. The third kappa shape index (κ3) is 3.78. The molecule has 0 amide bonds. The number of aromatic nitrogens is 2. The maximum Gasteiger partial charge on any atom is 0.320 e. The average molecular weight is 314 g/mol. The van der Waals surface area contributed by atoms with E-state index in [0.717, 1.165) is 38.4 Å². The number of carboxylic acid groups (broad SMARTS) is 1. The number of nitrogens with zero attached hydrogens (tertiary/aromatic N) is 4. The summed E-state index contributed by atoms with van der Waals surface area (Å²) in [6, 6.07) is 9.65. The number of para-hydroxylation sites is 1. The molecule has 0 aliphatic carbocycles. The molecule has 1 aliphatic rings. The second kappa shape index (κ2) is 6.93. The lowest BCUT2D eigenvalue weighted by Crippen LogP contribution is -2.51. The van der Waals surface area contributed by atoms with Crippen LogP contribution in [-0.4, -0.2) is 62.9 Å². The number of hydrogen-bond donors (Lipinski definition) is 1. The fraction of sp³-hybridized carbons (Fsp3) is 0.412. The van der Waals surface area contributed by atoms with Crippen molar-refractivity contribution in [1.82, 2.24) is 19.6 Å². The van der Waals surface area contributed by atoms with Gasteiger partial charge in [0.2, 0.25) is 0 Å². The smallest absolute Gasteiger partial charge is 0.320 e. The van der Waals surface area contributed by atoms with Crippen LogP contribution in [0.2, 0.25) is 0 Å². The summed E-state index contributed by atoms with van der Waals surface area (Å²) in [5, 5.41) is 13.5. The lowest BCUT2D eigenvalue weighted by Gasteiger charge is -2.36. The maximum absolute atomic E-state index is 11.0. The Hall–Kier alpha value is -2.18. The number of rotatable bonds is 5. The van der Waals surface area contributed by atoms with Crippen molar-refractivity contribution in [2.24, 2.45) is 0 Å². The van der Waals surface area contributed by atoms with E-state index >= 15 is 0 Å². The van der Waals surface area contributed by atoms with Crippen LogP contribution in [0.4, 0.5) is 0 Å². The second-order valence-electron chi connectivity index (χ2n) is 5.96. The minimum Gasteiger partial charge on any atom is -0.480 e. The summed E-state index contributed by atoms with van der Waals surface area (Å²) in [6.07, 6.45) is 3.96. The summed E-state index contributed by atoms with van der Waals surface area (Å²) in [7, 11) is 0. The number of carboxylic acids is 1. The number of hydrogen-bond acceptors (Lipinski definition) is 4. The predicted molar refractivity (Wildman–Crippen MR) is 87.5 cm³/mol. The maximum atomic E-state index is 11.0. The molecule has 6 heteroatoms. The molecule has 1 unspecified atom stereocenters. The Balaban J connectivity index is 1.55. The molecule has 1 aromatic heterocycles. The highest BCUT2D eigenvalue weighted by molar-refractivity contribution is 5.72. The molecule has 1 aliphatic heterocycles. The third-order valence-corrected chi connectivity index (χ3v) is 4.37. The van der Waals surface area contributed by atoms with Crippen LogP contribution >= 0.6 is 0 Å². The fourth-order valence-corrected chi connectivity index (χ4v) is 2.89. The first kappa shape index (κ1) is 15.7. The summed E-state index contributed by atoms with van der Waals surface area (Å²) < 4.78 is 1.89. The zero-order chi connectivity index (χ0) is 16.2. The molecule has 1 saturated heterocycles. The van der Waals surface area contributed by atoms with E-state index in [0.29, 0.717) is 0 Å². The van der Waals surface area contributed by atoms with Gasteiger partial charge in [0.05, 0.1) is 11.9 Å². The molecule has 2 aromatic rings. The molecular weight excluding hydrogens is 292 g/mol. The third-order valence-electron chi connectivity index (χ3n) is 4.37. The highest BCUT2D eigenvalue weighted by Crippen LogP contribution is 2.12. The summed E-state index contributed by atoms with van der Waals surface area (Å²) in [6.45, 7) is 5.95. The molecule has 23 heavy (non-hydrogen) atoms. The molecule has 1 fully saturated rings. The summed E-state index contributed by atoms with van der Waals surface area (Å²) in [5.74, 6) is -0.748. The Bertz CT molecular complexity index is 648. The van der Waals surface area contributed by atoms with E-state index in [-0.39, 0.29) is 0 Å². The Labute approximate surface area is 135 Å². The van der Waals surface area contributed by atoms with Crippen LogP contribution in [-0.2, 0) is 11.3 Å². The Morgan fingerprint density at radius 1 is 1.22 bits per heavy atom. The van der Waals surface area contributed by atoms with E-state index < -0.39 is 12.0 Å². The highest BCUT2D eigenvalue weighted by atomic mass is 16.4. The van der Waals surface area contributed by atoms with Crippen LogP contribution in [0.5, 0.6) is 0 Å². The van der Waals surface area contributed by atoms with E-state index in [4.69, 9.17) is 5.11 Å². The standard InChI is InChI=1S/C17H22N4O2/c1-14(17(22)23)20-9-7-19(8-10-20)12-15-11-18-21(13-15)16-5-3-2-4-6-16/h2-6,11,13-14H,7-10,12H2,1H3,(H,22,23). The topological polar surface area (TPSA) is 61.6 Å². The molecule has 2 heterocycles. The number of benzene rings is 1. The first-order chi connectivity index (χ1) is 11.1. The van der Waals surface area contributed by atoms with Crippen molar-refractivity contribution in [3.8, 4) is 5.69 Å². The van der Waals surface area contributed by atoms with Crippen molar-refractivity contribution in [1.29, 1.82) is 0 Å². The van der Waals surface area contributed by atoms with Crippen LogP contribution in [0, 0.1) is 0 Å². The van der Waals surface area contributed by atoms with Crippen LogP contribution in [0.25, 0.3) is 5.69 Å². The van der Waals surface area contributed by atoms with Crippen LogP contribution in [0.1, 0.15) is 12.5 Å². The second-order valence-corrected chi connectivity index (χ2v) is 5.96. The molecule has 0 spiro atoms. The monoisotopic (exact) mass is 314 g/mol. The average Bonchev–Trinajstić information content (AvgIpc) is 3.04. The van der Waals surface area contributed by atoms with E-state index in [1.54, 1.807) is 6.92 Å². The van der Waals surface area contributed by atoms with Crippen molar-refractivity contribution >= 4 is 5.97 Å². The quantitative estimate of drug-likeness (QED) is 0.905. The number of piperazine rings is 1. The van der Waals surface area contributed by atoms with Crippen molar-refractivity contribution in [2.75, 3.05) is 26.2 Å². The van der Waals surface area contributed by atoms with Gasteiger partial charge in [-0.1, -0.05) is 18.2 Å². The molecule has 0 radical (unpaired) electrons. The van der Waals surface area contributed by atoms with E-state index in [1.165, 1.54) is 5.56 Å². The van der Waals surface area contributed by atoms with Crippen LogP contribution < -0.4 is 0 Å². The largest absolute Gasteiger partial charge is 0.480 e. The zero-order valence-electron chi connectivity index (χ0n) is 13.3. The van der Waals surface area contributed by atoms with Crippen molar-refractivity contribution < 1.29 is 9.90 Å². The molecule has 122 valence electrons. The minimum atomic E-state index is -0.748. The van der Waals surface area contributed by atoms with E-state index in [2.05, 4.69) is 16.2 Å². The van der Waals surface area contributed by atoms with Gasteiger partial charge in [-0.25, -0.2) is 4.68 Å². The van der Waals surface area contributed by atoms with Gasteiger partial charge in [0.25, 0.3) is 0 Å². The first-order valence-electron chi connectivity index (χ1n) is 7.91. The summed E-state index contributed by atoms with van der Waals surface area (Å²) >= 11 is 0. The molecule has 0 saturated carbocycles. The number of carbonyl (C=O) groups is 1. The SMILES string of the molecule is CC(C(=O)O)N1CCN(Cc2cnn(-c3ccccc3)c2)CC1. The van der Waals surface area contributed by atoms with Gasteiger partial charge in [-0.05, 0) is 19.1 Å². The molecular formula is C17H22N4O2. The lowest BCUT2D eigenvalue weighted by molar-refractivity contribution is -0.143. The van der Waals surface area contributed by atoms with Gasteiger partial charge in [0, 0.05) is 44.5 Å². The molecule has 1 aromatic carbocycles. The molecule has 6 nitrogen and oxygen atoms in total. The van der Waals surface area contributed by atoms with Gasteiger partial charge in [0.1, 0.15) is 6.04 Å². The summed E-state index contributed by atoms with van der Waals surface area (Å²) in [4.78, 5) is 15.4. The minimum absolute atomic E-state index is 0.405. The van der Waals surface area contributed by atoms with Gasteiger partial charge in [0.15, 0.2) is 0 Å². The zero-order valence-corrected chi connectivity index (χ0v) is 13.3. The predicted octanol–water partition coefficient (Wildman–Crippen LogP) is 1.46.